The van der Waals surface area contributed by atoms with Gasteiger partial charge in [-0.2, -0.15) is 0 Å². The molecule has 1 fully saturated rings. The second-order valence-electron chi connectivity index (χ2n) is 5.71. The summed E-state index contributed by atoms with van der Waals surface area (Å²) in [6.45, 7) is 0.175. The fourth-order valence-electron chi connectivity index (χ4n) is 2.56. The lowest BCUT2D eigenvalue weighted by Crippen LogP contribution is -2.13. The van der Waals surface area contributed by atoms with Gasteiger partial charge in [-0.3, -0.25) is 9.59 Å². The molecule has 0 aromatic heterocycles. The summed E-state index contributed by atoms with van der Waals surface area (Å²) in [4.78, 5) is 22.9. The van der Waals surface area contributed by atoms with E-state index in [1.807, 2.05) is 54.6 Å². The highest BCUT2D eigenvalue weighted by atomic mass is 32.2. The minimum atomic E-state index is -0.676. The maximum Gasteiger partial charge on any atom is 0.197 e. The van der Waals surface area contributed by atoms with Gasteiger partial charge < -0.3 is 9.84 Å². The highest BCUT2D eigenvalue weighted by Crippen LogP contribution is 2.28. The van der Waals surface area contributed by atoms with Gasteiger partial charge in [0.05, 0.1) is 11.7 Å². The normalized spacial score (nSPS) is 18.6. The number of ketones is 1. The molecule has 124 valence electrons. The van der Waals surface area contributed by atoms with Crippen molar-refractivity contribution in [2.24, 2.45) is 0 Å². The number of hydrogen-bond acceptors (Lipinski definition) is 5. The Morgan fingerprint density at radius 1 is 1.08 bits per heavy atom. The minimum Gasteiger partial charge on any atom is -0.491 e. The maximum absolute atomic E-state index is 11.7. The first-order valence-electron chi connectivity index (χ1n) is 7.79. The number of hydrogen-bond donors (Lipinski definition) is 1. The van der Waals surface area contributed by atoms with E-state index in [-0.39, 0.29) is 29.2 Å². The lowest BCUT2D eigenvalue weighted by atomic mass is 10.1. The van der Waals surface area contributed by atoms with E-state index in [0.717, 1.165) is 22.9 Å². The number of aliphatic hydroxyl groups excluding tert-OH is 1. The van der Waals surface area contributed by atoms with Crippen LogP contribution in [0.4, 0.5) is 0 Å². The zero-order valence-corrected chi connectivity index (χ0v) is 13.9. The van der Waals surface area contributed by atoms with E-state index in [1.165, 1.54) is 0 Å². The van der Waals surface area contributed by atoms with E-state index >= 15 is 0 Å². The van der Waals surface area contributed by atoms with Gasteiger partial charge in [0.15, 0.2) is 10.9 Å². The lowest BCUT2D eigenvalue weighted by molar-refractivity contribution is -0.121. The van der Waals surface area contributed by atoms with Crippen LogP contribution >= 0.6 is 11.8 Å². The third kappa shape index (κ3) is 4.24. The zero-order valence-electron chi connectivity index (χ0n) is 13.1. The van der Waals surface area contributed by atoms with Gasteiger partial charge in [-0.05, 0) is 29.7 Å². The SMILES string of the molecule is O=C1CC(=O)C(Cc2ccc(OCC(O)c3ccccc3)cc2)S1. The van der Waals surface area contributed by atoms with Gasteiger partial charge in [0.1, 0.15) is 18.5 Å². The smallest absolute Gasteiger partial charge is 0.197 e. The van der Waals surface area contributed by atoms with Gasteiger partial charge in [0, 0.05) is 0 Å². The summed E-state index contributed by atoms with van der Waals surface area (Å²) in [5, 5.41) is 9.78. The zero-order chi connectivity index (χ0) is 16.9. The second-order valence-corrected chi connectivity index (χ2v) is 6.97. The first kappa shape index (κ1) is 16.7. The van der Waals surface area contributed by atoms with Crippen LogP contribution in [0.5, 0.6) is 5.75 Å². The van der Waals surface area contributed by atoms with Crippen LogP contribution in [-0.4, -0.2) is 27.9 Å². The Labute approximate surface area is 144 Å². The highest BCUT2D eigenvalue weighted by molar-refractivity contribution is 8.15. The van der Waals surface area contributed by atoms with Gasteiger partial charge >= 0.3 is 0 Å². The number of carbonyl (C=O) groups is 2. The van der Waals surface area contributed by atoms with Crippen LogP contribution in [0.3, 0.4) is 0 Å². The molecule has 2 unspecified atom stereocenters. The third-order valence-electron chi connectivity index (χ3n) is 3.89. The van der Waals surface area contributed by atoms with E-state index in [4.69, 9.17) is 4.74 Å². The molecule has 0 amide bonds. The summed E-state index contributed by atoms with van der Waals surface area (Å²) < 4.78 is 5.61. The summed E-state index contributed by atoms with van der Waals surface area (Å²) in [6, 6.07) is 16.8. The summed E-state index contributed by atoms with van der Waals surface area (Å²) in [5.74, 6) is 0.673. The van der Waals surface area contributed by atoms with Crippen LogP contribution in [0.1, 0.15) is 23.7 Å². The average molecular weight is 342 g/mol. The number of benzene rings is 2. The molecule has 3 rings (SSSR count). The van der Waals surface area contributed by atoms with Crippen molar-refractivity contribution in [2.75, 3.05) is 6.61 Å². The number of ether oxygens (including phenoxy) is 1. The van der Waals surface area contributed by atoms with Crippen molar-refractivity contribution in [1.82, 2.24) is 0 Å². The lowest BCUT2D eigenvalue weighted by Gasteiger charge is -2.13. The monoisotopic (exact) mass is 342 g/mol. The molecule has 0 aliphatic carbocycles. The van der Waals surface area contributed by atoms with Crippen LogP contribution in [0.2, 0.25) is 0 Å². The van der Waals surface area contributed by atoms with E-state index < -0.39 is 6.10 Å². The van der Waals surface area contributed by atoms with Crippen molar-refractivity contribution in [2.45, 2.75) is 24.2 Å². The molecule has 0 spiro atoms. The Bertz CT molecular complexity index is 712. The third-order valence-corrected chi connectivity index (χ3v) is 5.01. The van der Waals surface area contributed by atoms with E-state index in [0.29, 0.717) is 12.2 Å². The van der Waals surface area contributed by atoms with Crippen LogP contribution in [0.15, 0.2) is 54.6 Å². The number of thioether (sulfide) groups is 1. The Morgan fingerprint density at radius 3 is 2.42 bits per heavy atom. The molecule has 1 heterocycles. The summed E-state index contributed by atoms with van der Waals surface area (Å²) in [7, 11) is 0. The molecule has 0 bridgehead atoms. The molecule has 5 heteroatoms. The van der Waals surface area contributed by atoms with E-state index in [2.05, 4.69) is 0 Å². The quantitative estimate of drug-likeness (QED) is 0.818. The number of rotatable bonds is 6. The van der Waals surface area contributed by atoms with Crippen LogP contribution < -0.4 is 4.74 Å². The molecule has 0 radical (unpaired) electrons. The minimum absolute atomic E-state index is 0.0105. The summed E-state index contributed by atoms with van der Waals surface area (Å²) in [5.41, 5.74) is 1.81. The molecule has 24 heavy (non-hydrogen) atoms. The molecular formula is C19H18O4S. The standard InChI is InChI=1S/C19H18O4S/c20-16-11-19(22)24-18(16)10-13-6-8-15(9-7-13)23-12-17(21)14-4-2-1-3-5-14/h1-9,17-18,21H,10-12H2. The molecule has 2 aromatic carbocycles. The number of aliphatic hydroxyl groups is 1. The van der Waals surface area contributed by atoms with Gasteiger partial charge in [0.2, 0.25) is 0 Å². The average Bonchev–Trinajstić information content (AvgIpc) is 2.92. The fourth-order valence-corrected chi connectivity index (χ4v) is 3.59. The second kappa shape index (κ2) is 7.64. The van der Waals surface area contributed by atoms with Crippen LogP contribution in [0.25, 0.3) is 0 Å². The van der Waals surface area contributed by atoms with Crippen LogP contribution in [0, 0.1) is 0 Å². The first-order valence-corrected chi connectivity index (χ1v) is 8.67. The van der Waals surface area contributed by atoms with Crippen molar-refractivity contribution in [1.29, 1.82) is 0 Å². The van der Waals surface area contributed by atoms with E-state index in [9.17, 15) is 14.7 Å². The van der Waals surface area contributed by atoms with Gasteiger partial charge in [-0.1, -0.05) is 54.2 Å². The molecule has 1 aliphatic heterocycles. The van der Waals surface area contributed by atoms with Crippen molar-refractivity contribution >= 4 is 22.7 Å². The molecular weight excluding hydrogens is 324 g/mol. The van der Waals surface area contributed by atoms with Crippen molar-refractivity contribution in [3.05, 3.63) is 65.7 Å². The predicted octanol–water partition coefficient (Wildman–Crippen LogP) is 2.94. The molecule has 2 aromatic rings. The summed E-state index contributed by atoms with van der Waals surface area (Å²) >= 11 is 1.13. The molecule has 2 atom stereocenters. The molecule has 4 nitrogen and oxygen atoms in total. The predicted molar refractivity (Wildman–Crippen MR) is 93.1 cm³/mol. The summed E-state index contributed by atoms with van der Waals surface area (Å²) in [6.07, 6.45) is -0.0693. The van der Waals surface area contributed by atoms with Crippen molar-refractivity contribution < 1.29 is 19.4 Å². The maximum atomic E-state index is 11.7. The number of carbonyl (C=O) groups excluding carboxylic acids is 2. The molecule has 1 aliphatic rings. The van der Waals surface area contributed by atoms with Crippen molar-refractivity contribution in [3.8, 4) is 5.75 Å². The van der Waals surface area contributed by atoms with E-state index in [1.54, 1.807) is 0 Å². The van der Waals surface area contributed by atoms with Crippen LogP contribution in [-0.2, 0) is 16.0 Å². The molecule has 1 saturated heterocycles. The Hall–Kier alpha value is -2.11. The van der Waals surface area contributed by atoms with Crippen molar-refractivity contribution in [3.63, 3.8) is 0 Å². The Kier molecular flexibility index (Phi) is 5.33. The first-order chi connectivity index (χ1) is 11.6. The highest BCUT2D eigenvalue weighted by Gasteiger charge is 2.31. The Morgan fingerprint density at radius 2 is 1.79 bits per heavy atom. The fraction of sp³-hybridized carbons (Fsp3) is 0.263. The topological polar surface area (TPSA) is 63.6 Å². The molecule has 1 N–H and O–H groups in total. The Balaban J connectivity index is 1.53. The largest absolute Gasteiger partial charge is 0.491 e. The molecule has 0 saturated carbocycles. The van der Waals surface area contributed by atoms with Gasteiger partial charge in [-0.15, -0.1) is 0 Å². The van der Waals surface area contributed by atoms with Gasteiger partial charge in [-0.25, -0.2) is 0 Å². The number of Topliss-reactive ketones (excluding diaryl/α,β-unsaturated/α-hetero) is 1. The van der Waals surface area contributed by atoms with Gasteiger partial charge in [0.25, 0.3) is 0 Å².